The first kappa shape index (κ1) is 16.3. The minimum atomic E-state index is -0.157. The number of amides is 1. The lowest BCUT2D eigenvalue weighted by Crippen LogP contribution is -2.37. The molecule has 0 spiro atoms. The average molecular weight is 342 g/mol. The molecule has 0 fully saturated rings. The fraction of sp³-hybridized carbons (Fsp3) is 0.158. The SMILES string of the molecule is CC(=O)c1ccc2c(c1)N(C(=O)/C=C/c1ccc(Cl)cc1)CCO2. The number of ketones is 1. The molecular weight excluding hydrogens is 326 g/mol. The highest BCUT2D eigenvalue weighted by Gasteiger charge is 2.23. The third kappa shape index (κ3) is 3.49. The largest absolute Gasteiger partial charge is 0.490 e. The molecule has 0 N–H and O–H groups in total. The predicted octanol–water partition coefficient (Wildman–Crippen LogP) is 3.98. The van der Waals surface area contributed by atoms with E-state index in [1.54, 1.807) is 41.3 Å². The number of rotatable bonds is 3. The molecule has 0 unspecified atom stereocenters. The zero-order valence-corrected chi connectivity index (χ0v) is 13.9. The molecule has 2 aromatic rings. The molecule has 3 rings (SSSR count). The van der Waals surface area contributed by atoms with Crippen LogP contribution in [-0.2, 0) is 4.79 Å². The normalized spacial score (nSPS) is 13.5. The number of hydrogen-bond donors (Lipinski definition) is 0. The van der Waals surface area contributed by atoms with Crippen LogP contribution in [0.2, 0.25) is 5.02 Å². The van der Waals surface area contributed by atoms with Crippen molar-refractivity contribution in [2.24, 2.45) is 0 Å². The number of nitrogens with zero attached hydrogens (tertiary/aromatic N) is 1. The van der Waals surface area contributed by atoms with Gasteiger partial charge in [-0.2, -0.15) is 0 Å². The molecule has 2 aromatic carbocycles. The van der Waals surface area contributed by atoms with E-state index < -0.39 is 0 Å². The second-order valence-electron chi connectivity index (χ2n) is 5.46. The molecule has 0 saturated carbocycles. The minimum Gasteiger partial charge on any atom is -0.490 e. The summed E-state index contributed by atoms with van der Waals surface area (Å²) in [6, 6.07) is 12.4. The van der Waals surface area contributed by atoms with E-state index in [9.17, 15) is 9.59 Å². The van der Waals surface area contributed by atoms with Crippen LogP contribution in [0.1, 0.15) is 22.8 Å². The van der Waals surface area contributed by atoms with Crippen molar-refractivity contribution in [3.8, 4) is 5.75 Å². The van der Waals surface area contributed by atoms with Crippen LogP contribution in [0.15, 0.2) is 48.5 Å². The molecule has 0 bridgehead atoms. The van der Waals surface area contributed by atoms with Crippen LogP contribution in [0.5, 0.6) is 5.75 Å². The highest BCUT2D eigenvalue weighted by molar-refractivity contribution is 6.30. The summed E-state index contributed by atoms with van der Waals surface area (Å²) in [6.45, 7) is 2.36. The molecule has 5 heteroatoms. The van der Waals surface area contributed by atoms with E-state index in [-0.39, 0.29) is 11.7 Å². The fourth-order valence-electron chi connectivity index (χ4n) is 2.50. The van der Waals surface area contributed by atoms with Crippen LogP contribution in [0.25, 0.3) is 6.08 Å². The molecule has 122 valence electrons. The molecule has 0 saturated heterocycles. The summed E-state index contributed by atoms with van der Waals surface area (Å²) in [5.74, 6) is 0.405. The lowest BCUT2D eigenvalue weighted by Gasteiger charge is -2.29. The molecule has 24 heavy (non-hydrogen) atoms. The first-order valence-corrected chi connectivity index (χ1v) is 7.95. The van der Waals surface area contributed by atoms with Gasteiger partial charge in [-0.3, -0.25) is 9.59 Å². The van der Waals surface area contributed by atoms with Crippen molar-refractivity contribution in [3.63, 3.8) is 0 Å². The number of hydrogen-bond acceptors (Lipinski definition) is 3. The Hall–Kier alpha value is -2.59. The van der Waals surface area contributed by atoms with Gasteiger partial charge in [-0.05, 0) is 48.9 Å². The first-order valence-electron chi connectivity index (χ1n) is 7.57. The quantitative estimate of drug-likeness (QED) is 0.626. The molecule has 0 aromatic heterocycles. The van der Waals surface area contributed by atoms with Crippen molar-refractivity contribution in [2.75, 3.05) is 18.1 Å². The second kappa shape index (κ2) is 6.89. The summed E-state index contributed by atoms with van der Waals surface area (Å²) >= 11 is 5.85. The van der Waals surface area contributed by atoms with Gasteiger partial charge in [-0.25, -0.2) is 0 Å². The van der Waals surface area contributed by atoms with E-state index in [0.717, 1.165) is 5.56 Å². The summed E-state index contributed by atoms with van der Waals surface area (Å²) < 4.78 is 5.57. The summed E-state index contributed by atoms with van der Waals surface area (Å²) in [7, 11) is 0. The third-order valence-electron chi connectivity index (χ3n) is 3.78. The van der Waals surface area contributed by atoms with Crippen LogP contribution in [0, 0.1) is 0 Å². The van der Waals surface area contributed by atoms with Crippen LogP contribution in [0.4, 0.5) is 5.69 Å². The molecule has 1 amide bonds. The van der Waals surface area contributed by atoms with Crippen molar-refractivity contribution in [3.05, 3.63) is 64.7 Å². The molecule has 0 radical (unpaired) electrons. The van der Waals surface area contributed by atoms with Gasteiger partial charge in [-0.15, -0.1) is 0 Å². The fourth-order valence-corrected chi connectivity index (χ4v) is 2.62. The van der Waals surface area contributed by atoms with Crippen molar-refractivity contribution in [2.45, 2.75) is 6.92 Å². The number of Topliss-reactive ketones (excluding diaryl/α,β-unsaturated/α-hetero) is 1. The van der Waals surface area contributed by atoms with Crippen molar-refractivity contribution in [1.29, 1.82) is 0 Å². The Labute approximate surface area is 145 Å². The van der Waals surface area contributed by atoms with Crippen LogP contribution >= 0.6 is 11.6 Å². The Morgan fingerprint density at radius 1 is 1.17 bits per heavy atom. The van der Waals surface area contributed by atoms with Gasteiger partial charge in [0.15, 0.2) is 5.78 Å². The van der Waals surface area contributed by atoms with Crippen molar-refractivity contribution < 1.29 is 14.3 Å². The van der Waals surface area contributed by atoms with E-state index in [0.29, 0.717) is 35.2 Å². The van der Waals surface area contributed by atoms with Crippen molar-refractivity contribution >= 4 is 35.1 Å². The smallest absolute Gasteiger partial charge is 0.251 e. The maximum Gasteiger partial charge on any atom is 0.251 e. The number of fused-ring (bicyclic) bond motifs is 1. The maximum absolute atomic E-state index is 12.6. The van der Waals surface area contributed by atoms with Gasteiger partial charge in [0, 0.05) is 16.7 Å². The zero-order chi connectivity index (χ0) is 17.1. The topological polar surface area (TPSA) is 46.6 Å². The lowest BCUT2D eigenvalue weighted by atomic mass is 10.1. The van der Waals surface area contributed by atoms with Crippen LogP contribution < -0.4 is 9.64 Å². The summed E-state index contributed by atoms with van der Waals surface area (Å²) in [6.07, 6.45) is 3.25. The Morgan fingerprint density at radius 3 is 2.62 bits per heavy atom. The third-order valence-corrected chi connectivity index (χ3v) is 4.04. The lowest BCUT2D eigenvalue weighted by molar-refractivity contribution is -0.114. The Balaban J connectivity index is 1.85. The Kier molecular flexibility index (Phi) is 4.67. The maximum atomic E-state index is 12.6. The molecule has 1 heterocycles. The molecule has 0 aliphatic carbocycles. The standard InChI is InChI=1S/C19H16ClNO3/c1-13(22)15-5-8-18-17(12-15)21(10-11-24-18)19(23)9-4-14-2-6-16(20)7-3-14/h2-9,12H,10-11H2,1H3/b9-4+. The van der Waals surface area contributed by atoms with E-state index in [1.807, 2.05) is 12.1 Å². The number of benzene rings is 2. The van der Waals surface area contributed by atoms with Gasteiger partial charge in [0.2, 0.25) is 0 Å². The highest BCUT2D eigenvalue weighted by atomic mass is 35.5. The minimum absolute atomic E-state index is 0.0486. The summed E-state index contributed by atoms with van der Waals surface area (Å²) in [4.78, 5) is 25.8. The number of halogens is 1. The molecule has 4 nitrogen and oxygen atoms in total. The van der Waals surface area contributed by atoms with E-state index in [2.05, 4.69) is 0 Å². The Bertz CT molecular complexity index is 812. The monoisotopic (exact) mass is 341 g/mol. The summed E-state index contributed by atoms with van der Waals surface area (Å²) in [5.41, 5.74) is 2.07. The zero-order valence-electron chi connectivity index (χ0n) is 13.2. The van der Waals surface area contributed by atoms with Gasteiger partial charge in [0.25, 0.3) is 5.91 Å². The predicted molar refractivity (Wildman–Crippen MR) is 94.8 cm³/mol. The Morgan fingerprint density at radius 2 is 1.92 bits per heavy atom. The summed E-state index contributed by atoms with van der Waals surface area (Å²) in [5, 5.41) is 0.650. The first-order chi connectivity index (χ1) is 11.5. The molecule has 1 aliphatic rings. The van der Waals surface area contributed by atoms with Gasteiger partial charge in [0.05, 0.1) is 12.2 Å². The van der Waals surface area contributed by atoms with Gasteiger partial charge < -0.3 is 9.64 Å². The number of carbonyl (C=O) groups is 2. The van der Waals surface area contributed by atoms with Crippen molar-refractivity contribution in [1.82, 2.24) is 0 Å². The van der Waals surface area contributed by atoms with E-state index in [1.165, 1.54) is 13.0 Å². The van der Waals surface area contributed by atoms with Gasteiger partial charge >= 0.3 is 0 Å². The van der Waals surface area contributed by atoms with E-state index in [4.69, 9.17) is 16.3 Å². The number of carbonyl (C=O) groups excluding carboxylic acids is 2. The second-order valence-corrected chi connectivity index (χ2v) is 5.90. The number of ether oxygens (including phenoxy) is 1. The number of anilines is 1. The molecule has 0 atom stereocenters. The van der Waals surface area contributed by atoms with Crippen LogP contribution in [-0.4, -0.2) is 24.8 Å². The molecular formula is C19H16ClNO3. The van der Waals surface area contributed by atoms with Gasteiger partial charge in [-0.1, -0.05) is 23.7 Å². The highest BCUT2D eigenvalue weighted by Crippen LogP contribution is 2.33. The van der Waals surface area contributed by atoms with Gasteiger partial charge in [0.1, 0.15) is 12.4 Å². The average Bonchev–Trinajstić information content (AvgIpc) is 2.60. The van der Waals surface area contributed by atoms with Crippen LogP contribution in [0.3, 0.4) is 0 Å². The van der Waals surface area contributed by atoms with E-state index >= 15 is 0 Å². The molecule has 1 aliphatic heterocycles.